The molecule has 92 valence electrons. The van der Waals surface area contributed by atoms with Gasteiger partial charge in [-0.3, -0.25) is 0 Å². The molecule has 0 spiro atoms. The van der Waals surface area contributed by atoms with Gasteiger partial charge in [0.1, 0.15) is 0 Å². The lowest BCUT2D eigenvalue weighted by Crippen LogP contribution is -1.93. The Bertz CT molecular complexity index is 583. The van der Waals surface area contributed by atoms with Gasteiger partial charge in [-0.05, 0) is 55.5 Å². The summed E-state index contributed by atoms with van der Waals surface area (Å²) in [7, 11) is 0. The van der Waals surface area contributed by atoms with Crippen LogP contribution in [0.4, 0.5) is 0 Å². The van der Waals surface area contributed by atoms with E-state index in [4.69, 9.17) is 0 Å². The van der Waals surface area contributed by atoms with E-state index in [-0.39, 0.29) is 0 Å². The third-order valence-electron chi connectivity index (χ3n) is 3.39. The van der Waals surface area contributed by atoms with Crippen LogP contribution in [0, 0.1) is 20.8 Å². The molecule has 18 heavy (non-hydrogen) atoms. The van der Waals surface area contributed by atoms with Crippen LogP contribution in [-0.4, -0.2) is 0 Å². The quantitative estimate of drug-likeness (QED) is 0.662. The highest BCUT2D eigenvalue weighted by Gasteiger charge is 2.10. The first-order valence-corrected chi connectivity index (χ1v) is 6.34. The van der Waals surface area contributed by atoms with Gasteiger partial charge < -0.3 is 0 Å². The van der Waals surface area contributed by atoms with Gasteiger partial charge in [-0.2, -0.15) is 0 Å². The van der Waals surface area contributed by atoms with E-state index in [2.05, 4.69) is 70.7 Å². The van der Waals surface area contributed by atoms with Crippen LogP contribution in [0.1, 0.15) is 29.2 Å². The van der Waals surface area contributed by atoms with Crippen LogP contribution in [-0.2, 0) is 0 Å². The number of benzene rings is 2. The van der Waals surface area contributed by atoms with E-state index in [9.17, 15) is 0 Å². The Morgan fingerprint density at radius 2 is 1.56 bits per heavy atom. The molecule has 0 nitrogen and oxygen atoms in total. The summed E-state index contributed by atoms with van der Waals surface area (Å²) in [6.45, 7) is 12.7. The van der Waals surface area contributed by atoms with Crippen molar-refractivity contribution in [2.45, 2.75) is 27.7 Å². The second kappa shape index (κ2) is 4.81. The first-order valence-electron chi connectivity index (χ1n) is 6.34. The van der Waals surface area contributed by atoms with Crippen molar-refractivity contribution in [2.75, 3.05) is 0 Å². The van der Waals surface area contributed by atoms with Crippen LogP contribution in [0.2, 0.25) is 0 Å². The number of aryl methyl sites for hydroxylation is 3. The lowest BCUT2D eigenvalue weighted by Gasteiger charge is -2.15. The zero-order chi connectivity index (χ0) is 13.3. The van der Waals surface area contributed by atoms with Gasteiger partial charge in [-0.25, -0.2) is 0 Å². The van der Waals surface area contributed by atoms with Gasteiger partial charge in [0, 0.05) is 0 Å². The highest BCUT2D eigenvalue weighted by Crippen LogP contribution is 2.33. The lowest BCUT2D eigenvalue weighted by atomic mass is 9.89. The second-order valence-corrected chi connectivity index (χ2v) is 5.10. The Morgan fingerprint density at radius 1 is 0.944 bits per heavy atom. The molecule has 0 aromatic heterocycles. The highest BCUT2D eigenvalue weighted by molar-refractivity contribution is 5.83. The molecule has 0 saturated carbocycles. The van der Waals surface area contributed by atoms with Gasteiger partial charge in [0.15, 0.2) is 0 Å². The summed E-state index contributed by atoms with van der Waals surface area (Å²) in [5.41, 5.74) is 8.95. The van der Waals surface area contributed by atoms with Crippen molar-refractivity contribution in [2.24, 2.45) is 0 Å². The van der Waals surface area contributed by atoms with Crippen molar-refractivity contribution in [3.05, 3.63) is 65.2 Å². The summed E-state index contributed by atoms with van der Waals surface area (Å²) in [6.07, 6.45) is 0. The van der Waals surface area contributed by atoms with Crippen molar-refractivity contribution < 1.29 is 0 Å². The fourth-order valence-corrected chi connectivity index (χ4v) is 2.48. The van der Waals surface area contributed by atoms with Crippen LogP contribution < -0.4 is 0 Å². The minimum atomic E-state index is 1.12. The Labute approximate surface area is 110 Å². The molecular formula is C18H20. The lowest BCUT2D eigenvalue weighted by molar-refractivity contribution is 1.35. The summed E-state index contributed by atoms with van der Waals surface area (Å²) >= 11 is 0. The maximum Gasteiger partial charge on any atom is -0.0101 e. The molecule has 2 aromatic rings. The van der Waals surface area contributed by atoms with Crippen molar-refractivity contribution in [1.29, 1.82) is 0 Å². The van der Waals surface area contributed by atoms with Crippen LogP contribution in [0.25, 0.3) is 16.7 Å². The molecule has 0 heteroatoms. The fraction of sp³-hybridized carbons (Fsp3) is 0.222. The molecule has 0 N–H and O–H groups in total. The molecule has 0 aliphatic rings. The molecule has 0 unspecified atom stereocenters. The number of rotatable bonds is 2. The van der Waals surface area contributed by atoms with E-state index in [0.717, 1.165) is 5.57 Å². The topological polar surface area (TPSA) is 0 Å². The summed E-state index contributed by atoms with van der Waals surface area (Å²) in [4.78, 5) is 0. The number of hydrogen-bond acceptors (Lipinski definition) is 0. The molecule has 2 rings (SSSR count). The maximum atomic E-state index is 4.10. The molecule has 0 saturated heterocycles. The van der Waals surface area contributed by atoms with Gasteiger partial charge in [0.2, 0.25) is 0 Å². The molecule has 0 amide bonds. The predicted octanol–water partition coefficient (Wildman–Crippen LogP) is 5.31. The summed E-state index contributed by atoms with van der Waals surface area (Å²) in [5.74, 6) is 0. The largest absolute Gasteiger partial charge is 0.0955 e. The molecule has 0 bridgehead atoms. The second-order valence-electron chi connectivity index (χ2n) is 5.10. The Kier molecular flexibility index (Phi) is 3.38. The SMILES string of the molecule is C=C(C)c1ccc(C)cc1-c1c(C)cccc1C. The number of allylic oxidation sites excluding steroid dienone is 1. The molecular weight excluding hydrogens is 216 g/mol. The van der Waals surface area contributed by atoms with E-state index in [1.165, 1.54) is 33.4 Å². The molecule has 0 heterocycles. The number of hydrogen-bond donors (Lipinski definition) is 0. The summed E-state index contributed by atoms with van der Waals surface area (Å²) in [6, 6.07) is 13.1. The van der Waals surface area contributed by atoms with Crippen LogP contribution >= 0.6 is 0 Å². The first-order chi connectivity index (χ1) is 8.50. The third-order valence-corrected chi connectivity index (χ3v) is 3.39. The molecule has 0 atom stereocenters. The van der Waals surface area contributed by atoms with Crippen molar-refractivity contribution in [3.63, 3.8) is 0 Å². The zero-order valence-electron chi connectivity index (χ0n) is 11.7. The minimum Gasteiger partial charge on any atom is -0.0955 e. The zero-order valence-corrected chi connectivity index (χ0v) is 11.7. The monoisotopic (exact) mass is 236 g/mol. The molecule has 2 aromatic carbocycles. The fourth-order valence-electron chi connectivity index (χ4n) is 2.48. The van der Waals surface area contributed by atoms with E-state index in [0.29, 0.717) is 0 Å². The normalized spacial score (nSPS) is 10.4. The Morgan fingerprint density at radius 3 is 2.11 bits per heavy atom. The first kappa shape index (κ1) is 12.6. The average molecular weight is 236 g/mol. The van der Waals surface area contributed by atoms with Gasteiger partial charge in [-0.1, -0.05) is 54.1 Å². The van der Waals surface area contributed by atoms with Crippen molar-refractivity contribution >= 4 is 5.57 Å². The van der Waals surface area contributed by atoms with Crippen molar-refractivity contribution in [3.8, 4) is 11.1 Å². The highest BCUT2D eigenvalue weighted by atomic mass is 14.1. The average Bonchev–Trinajstić information content (AvgIpc) is 2.28. The molecule has 0 aliphatic heterocycles. The van der Waals surface area contributed by atoms with E-state index in [1.807, 2.05) is 0 Å². The molecule has 0 fully saturated rings. The minimum absolute atomic E-state index is 1.12. The Hall–Kier alpha value is -1.82. The smallest absolute Gasteiger partial charge is 0.0101 e. The maximum absolute atomic E-state index is 4.10. The summed E-state index contributed by atoms with van der Waals surface area (Å²) in [5, 5.41) is 0. The standard InChI is InChI=1S/C18H20/c1-12(2)16-10-9-13(3)11-17(16)18-14(4)7-6-8-15(18)5/h6-11H,1H2,2-5H3. The van der Waals surface area contributed by atoms with Gasteiger partial charge in [0.25, 0.3) is 0 Å². The Balaban J connectivity index is 2.77. The van der Waals surface area contributed by atoms with Gasteiger partial charge in [0.05, 0.1) is 0 Å². The van der Waals surface area contributed by atoms with E-state index < -0.39 is 0 Å². The van der Waals surface area contributed by atoms with Gasteiger partial charge in [-0.15, -0.1) is 0 Å². The molecule has 0 aliphatic carbocycles. The third kappa shape index (κ3) is 2.24. The van der Waals surface area contributed by atoms with Crippen molar-refractivity contribution in [1.82, 2.24) is 0 Å². The predicted molar refractivity (Wildman–Crippen MR) is 80.8 cm³/mol. The van der Waals surface area contributed by atoms with Crippen LogP contribution in [0.15, 0.2) is 43.0 Å². The van der Waals surface area contributed by atoms with Crippen LogP contribution in [0.3, 0.4) is 0 Å². The van der Waals surface area contributed by atoms with Gasteiger partial charge >= 0.3 is 0 Å². The van der Waals surface area contributed by atoms with E-state index in [1.54, 1.807) is 0 Å². The van der Waals surface area contributed by atoms with Crippen LogP contribution in [0.5, 0.6) is 0 Å². The molecule has 0 radical (unpaired) electrons. The van der Waals surface area contributed by atoms with E-state index >= 15 is 0 Å². The summed E-state index contributed by atoms with van der Waals surface area (Å²) < 4.78 is 0.